The average molecular weight is 162 g/mol. The minimum atomic E-state index is -0.879. The second-order valence-corrected chi connectivity index (χ2v) is 8.10. The summed E-state index contributed by atoms with van der Waals surface area (Å²) < 4.78 is 21.0. The maximum absolute atomic E-state index is 10.5. The van der Waals surface area contributed by atoms with Crippen molar-refractivity contribution in [3.05, 3.63) is 0 Å². The van der Waals surface area contributed by atoms with Crippen molar-refractivity contribution in [3.8, 4) is 0 Å². The van der Waals surface area contributed by atoms with Crippen LogP contribution in [0.4, 0.5) is 0 Å². The van der Waals surface area contributed by atoms with E-state index in [4.69, 9.17) is 0 Å². The van der Waals surface area contributed by atoms with Gasteiger partial charge in [-0.3, -0.25) is 0 Å². The Morgan fingerprint density at radius 2 is 1.50 bits per heavy atom. The van der Waals surface area contributed by atoms with Gasteiger partial charge in [-0.25, -0.2) is 0 Å². The molecule has 0 aromatic carbocycles. The van der Waals surface area contributed by atoms with Crippen LogP contribution in [0.2, 0.25) is 0 Å². The molecule has 0 aliphatic rings. The Hall–Kier alpha value is 1.62. The zero-order valence-corrected chi connectivity index (χ0v) is 8.84. The Bertz CT molecular complexity index is 60.3. The molecule has 2 atom stereocenters. The SMILES string of the molecule is C[S+]([O-])[CH]([Na])[S+](C)[O-]. The van der Waals surface area contributed by atoms with Crippen LogP contribution in [0.1, 0.15) is 0 Å². The van der Waals surface area contributed by atoms with Gasteiger partial charge in [0.25, 0.3) is 0 Å². The number of hydrogen-bond acceptors (Lipinski definition) is 2. The van der Waals surface area contributed by atoms with Crippen molar-refractivity contribution in [1.82, 2.24) is 0 Å². The molecule has 8 heavy (non-hydrogen) atoms. The molecule has 0 aliphatic heterocycles. The van der Waals surface area contributed by atoms with Gasteiger partial charge in [0, 0.05) is 0 Å². The molecular weight excluding hydrogens is 155 g/mol. The molecule has 44 valence electrons. The van der Waals surface area contributed by atoms with E-state index in [1.54, 1.807) is 12.5 Å². The fourth-order valence-corrected chi connectivity index (χ4v) is 1.72. The summed E-state index contributed by atoms with van der Waals surface area (Å²) >= 11 is -1.00. The van der Waals surface area contributed by atoms with Crippen LogP contribution in [0, 0.1) is 0 Å². The zero-order chi connectivity index (χ0) is 6.73. The Labute approximate surface area is 73.2 Å². The molecule has 0 fully saturated rings. The van der Waals surface area contributed by atoms with Gasteiger partial charge in [0.2, 0.25) is 0 Å². The van der Waals surface area contributed by atoms with E-state index in [9.17, 15) is 9.11 Å². The third-order valence-electron chi connectivity index (χ3n) is 0.935. The van der Waals surface area contributed by atoms with Crippen LogP contribution in [0.3, 0.4) is 0 Å². The monoisotopic (exact) mass is 162 g/mol. The fraction of sp³-hybridized carbons (Fsp3) is 1.00. The molecule has 0 heterocycles. The first-order valence-electron chi connectivity index (χ1n) is 2.20. The third-order valence-corrected chi connectivity index (χ3v) is 8.41. The van der Waals surface area contributed by atoms with E-state index in [2.05, 4.69) is 0 Å². The Morgan fingerprint density at radius 1 is 1.25 bits per heavy atom. The summed E-state index contributed by atoms with van der Waals surface area (Å²) in [4.78, 5) is 0. The first-order chi connectivity index (χ1) is 3.55. The fourth-order valence-electron chi connectivity index (χ4n) is 0.191. The van der Waals surface area contributed by atoms with Gasteiger partial charge >= 0.3 is 73.7 Å². The van der Waals surface area contributed by atoms with Crippen molar-refractivity contribution in [2.75, 3.05) is 12.5 Å². The van der Waals surface area contributed by atoms with Gasteiger partial charge < -0.3 is 0 Å². The second-order valence-electron chi connectivity index (χ2n) is 1.56. The summed E-state index contributed by atoms with van der Waals surface area (Å²) in [6.07, 6.45) is 3.19. The Morgan fingerprint density at radius 3 is 1.50 bits per heavy atom. The molecule has 0 aliphatic carbocycles. The Balaban J connectivity index is 3.46. The van der Waals surface area contributed by atoms with E-state index in [1.165, 1.54) is 0 Å². The Kier molecular flexibility index (Phi) is 5.34. The van der Waals surface area contributed by atoms with Crippen molar-refractivity contribution >= 4 is 50.3 Å². The first kappa shape index (κ1) is 9.62. The van der Waals surface area contributed by atoms with Crippen LogP contribution in [0.5, 0.6) is 0 Å². The van der Waals surface area contributed by atoms with Gasteiger partial charge in [-0.05, 0) is 0 Å². The standard InChI is InChI=1S/C3H7O2S2.Na/c1-6(4)3-7(2)5;/h3H,1-2H3;. The molecule has 0 aromatic heterocycles. The summed E-state index contributed by atoms with van der Waals surface area (Å²) in [6.45, 7) is 0. The predicted octanol–water partition coefficient (Wildman–Crippen LogP) is -0.804. The van der Waals surface area contributed by atoms with Gasteiger partial charge in [-0.1, -0.05) is 0 Å². The van der Waals surface area contributed by atoms with Crippen LogP contribution < -0.4 is 0 Å². The summed E-state index contributed by atoms with van der Waals surface area (Å²) in [6, 6.07) is 0. The number of hydrogen-bond donors (Lipinski definition) is 0. The number of rotatable bonds is 2. The normalized spacial score (nSPS) is 22.2. The molecule has 5 heteroatoms. The molecule has 0 rings (SSSR count). The molecule has 2 nitrogen and oxygen atoms in total. The third kappa shape index (κ3) is 3.61. The van der Waals surface area contributed by atoms with Crippen LogP contribution >= 0.6 is 0 Å². The van der Waals surface area contributed by atoms with Crippen molar-refractivity contribution < 1.29 is 9.11 Å². The van der Waals surface area contributed by atoms with E-state index in [0.29, 0.717) is 0 Å². The first-order valence-corrected chi connectivity index (χ1v) is 6.60. The molecule has 2 unspecified atom stereocenters. The minimum absolute atomic E-state index is 0.0463. The van der Waals surface area contributed by atoms with Gasteiger partial charge in [-0.15, -0.1) is 0 Å². The average Bonchev–Trinajstić information content (AvgIpc) is 1.64. The van der Waals surface area contributed by atoms with Gasteiger partial charge in [-0.2, -0.15) is 0 Å². The van der Waals surface area contributed by atoms with Crippen molar-refractivity contribution in [3.63, 3.8) is 0 Å². The summed E-state index contributed by atoms with van der Waals surface area (Å²) in [7, 11) is 0. The molecular formula is C3H7NaO2S2. The molecule has 0 radical (unpaired) electrons. The van der Waals surface area contributed by atoms with E-state index < -0.39 is 22.4 Å². The van der Waals surface area contributed by atoms with Gasteiger partial charge in [0.15, 0.2) is 0 Å². The summed E-state index contributed by atoms with van der Waals surface area (Å²) in [5.41, 5.74) is 0. The van der Waals surface area contributed by atoms with E-state index in [1.807, 2.05) is 0 Å². The molecule has 0 aromatic rings. The summed E-state index contributed by atoms with van der Waals surface area (Å²) in [5, 5.41) is 0. The van der Waals surface area contributed by atoms with Gasteiger partial charge in [0.05, 0.1) is 0 Å². The van der Waals surface area contributed by atoms with Crippen LogP contribution in [-0.2, 0) is 22.4 Å². The molecule has 0 amide bonds. The van der Waals surface area contributed by atoms with Crippen molar-refractivity contribution in [1.29, 1.82) is 0 Å². The molecule has 0 bridgehead atoms. The topological polar surface area (TPSA) is 46.1 Å². The summed E-state index contributed by atoms with van der Waals surface area (Å²) in [5.74, 6) is 0. The molecule has 0 N–H and O–H groups in total. The van der Waals surface area contributed by atoms with Gasteiger partial charge in [0.1, 0.15) is 0 Å². The molecule has 0 spiro atoms. The predicted molar refractivity (Wildman–Crippen MR) is 37.7 cm³/mol. The molecule has 0 saturated heterocycles. The van der Waals surface area contributed by atoms with E-state index in [-0.39, 0.29) is 1.83 Å². The van der Waals surface area contributed by atoms with Crippen LogP contribution in [-0.4, -0.2) is 51.4 Å². The zero-order valence-electron chi connectivity index (χ0n) is 5.21. The van der Waals surface area contributed by atoms with Crippen LogP contribution in [0.15, 0.2) is 0 Å². The van der Waals surface area contributed by atoms with E-state index in [0.717, 1.165) is 27.9 Å². The quantitative estimate of drug-likeness (QED) is 0.394. The molecule has 0 saturated carbocycles. The maximum atomic E-state index is 10.5. The van der Waals surface area contributed by atoms with Crippen molar-refractivity contribution in [2.24, 2.45) is 0 Å². The second kappa shape index (κ2) is 4.44. The van der Waals surface area contributed by atoms with E-state index >= 15 is 0 Å². The van der Waals surface area contributed by atoms with Crippen LogP contribution in [0.25, 0.3) is 0 Å². The van der Waals surface area contributed by atoms with Crippen molar-refractivity contribution in [2.45, 2.75) is 1.83 Å².